The Hall–Kier alpha value is -3.23. The number of aliphatic hydroxyl groups excluding tert-OH is 1. The normalized spacial score (nSPS) is 21.2. The summed E-state index contributed by atoms with van der Waals surface area (Å²) in [5.74, 6) is 0.609. The number of rotatable bonds is 6. The fourth-order valence-electron chi connectivity index (χ4n) is 3.44. The molecule has 0 spiro atoms. The maximum absolute atomic E-state index is 12.1. The Balaban J connectivity index is 1.29. The molecule has 1 aliphatic heterocycles. The van der Waals surface area contributed by atoms with E-state index in [1.165, 1.54) is 0 Å². The first-order valence-electron chi connectivity index (χ1n) is 9.98. The number of aromatic nitrogens is 2. The Labute approximate surface area is 174 Å². The fraction of sp³-hybridized carbons (Fsp3) is 0.318. The number of anilines is 1. The van der Waals surface area contributed by atoms with Crippen molar-refractivity contribution in [2.24, 2.45) is 0 Å². The second-order valence-electron chi connectivity index (χ2n) is 7.24. The molecule has 3 aromatic rings. The van der Waals surface area contributed by atoms with Gasteiger partial charge in [-0.2, -0.15) is 0 Å². The molecule has 8 heteroatoms. The standard InChI is InChI=1S/C22H24N4O4/c27-19-10-9-17(12-16-13-20(30-26-16)18-8-4-5-11-23-18)29-21(19)14-24-22(28)25-15-6-2-1-3-7-15/h1-8,11,13,17,19,21,27H,9-10,12,14H2,(H2,24,25,28)/t17-,19-,21+/m0/s1. The Bertz CT molecular complexity index is 948. The number of carbonyl (C=O) groups excluding carboxylic acids is 1. The van der Waals surface area contributed by atoms with Gasteiger partial charge in [0.2, 0.25) is 0 Å². The third-order valence-corrected chi connectivity index (χ3v) is 4.99. The van der Waals surface area contributed by atoms with Gasteiger partial charge in [-0.05, 0) is 37.1 Å². The van der Waals surface area contributed by atoms with Crippen LogP contribution in [-0.2, 0) is 11.2 Å². The van der Waals surface area contributed by atoms with Gasteiger partial charge >= 0.3 is 6.03 Å². The van der Waals surface area contributed by atoms with Crippen molar-refractivity contribution >= 4 is 11.7 Å². The van der Waals surface area contributed by atoms with Crippen molar-refractivity contribution in [3.8, 4) is 11.5 Å². The van der Waals surface area contributed by atoms with E-state index in [9.17, 15) is 9.90 Å². The Morgan fingerprint density at radius 2 is 1.97 bits per heavy atom. The summed E-state index contributed by atoms with van der Waals surface area (Å²) in [4.78, 5) is 16.3. The predicted molar refractivity (Wildman–Crippen MR) is 111 cm³/mol. The van der Waals surface area contributed by atoms with Gasteiger partial charge in [-0.1, -0.05) is 29.4 Å². The number of urea groups is 1. The third-order valence-electron chi connectivity index (χ3n) is 4.99. The number of aliphatic hydroxyl groups is 1. The molecule has 0 bridgehead atoms. The second kappa shape index (κ2) is 9.51. The van der Waals surface area contributed by atoms with E-state index in [-0.39, 0.29) is 18.7 Å². The number of amides is 2. The van der Waals surface area contributed by atoms with Crippen LogP contribution in [0.2, 0.25) is 0 Å². The van der Waals surface area contributed by atoms with Gasteiger partial charge in [0, 0.05) is 30.9 Å². The monoisotopic (exact) mass is 408 g/mol. The first kappa shape index (κ1) is 20.1. The van der Waals surface area contributed by atoms with Crippen LogP contribution in [0.3, 0.4) is 0 Å². The van der Waals surface area contributed by atoms with E-state index in [4.69, 9.17) is 9.26 Å². The van der Waals surface area contributed by atoms with Crippen molar-refractivity contribution in [3.05, 3.63) is 66.5 Å². The SMILES string of the molecule is O=C(NC[C@H]1O[C@H](Cc2cc(-c3ccccn3)on2)CC[C@@H]1O)Nc1ccccc1. The lowest BCUT2D eigenvalue weighted by molar-refractivity contribution is -0.113. The van der Waals surface area contributed by atoms with Crippen LogP contribution in [0.4, 0.5) is 10.5 Å². The summed E-state index contributed by atoms with van der Waals surface area (Å²) in [6, 6.07) is 16.3. The minimum Gasteiger partial charge on any atom is -0.390 e. The number of nitrogens with one attached hydrogen (secondary N) is 2. The number of carbonyl (C=O) groups is 1. The van der Waals surface area contributed by atoms with E-state index in [1.807, 2.05) is 42.5 Å². The molecular formula is C22H24N4O4. The van der Waals surface area contributed by atoms with Crippen molar-refractivity contribution in [2.45, 2.75) is 37.6 Å². The van der Waals surface area contributed by atoms with Crippen LogP contribution < -0.4 is 10.6 Å². The van der Waals surface area contributed by atoms with E-state index < -0.39 is 12.2 Å². The van der Waals surface area contributed by atoms with Gasteiger partial charge in [-0.15, -0.1) is 0 Å². The molecule has 30 heavy (non-hydrogen) atoms. The molecular weight excluding hydrogens is 384 g/mol. The molecule has 1 fully saturated rings. The molecule has 2 aromatic heterocycles. The lowest BCUT2D eigenvalue weighted by atomic mass is 9.98. The van der Waals surface area contributed by atoms with Gasteiger partial charge < -0.3 is 25.0 Å². The second-order valence-corrected chi connectivity index (χ2v) is 7.24. The van der Waals surface area contributed by atoms with E-state index in [2.05, 4.69) is 20.8 Å². The number of para-hydroxylation sites is 1. The molecule has 156 valence electrons. The lowest BCUT2D eigenvalue weighted by Crippen LogP contribution is -2.47. The Morgan fingerprint density at radius 1 is 1.13 bits per heavy atom. The molecule has 1 aliphatic rings. The fourth-order valence-corrected chi connectivity index (χ4v) is 3.44. The first-order chi connectivity index (χ1) is 14.7. The van der Waals surface area contributed by atoms with Gasteiger partial charge in [0.15, 0.2) is 5.76 Å². The van der Waals surface area contributed by atoms with Crippen molar-refractivity contribution < 1.29 is 19.2 Å². The molecule has 1 aromatic carbocycles. The number of nitrogens with zero attached hydrogens (tertiary/aromatic N) is 2. The largest absolute Gasteiger partial charge is 0.390 e. The van der Waals surface area contributed by atoms with E-state index in [0.717, 1.165) is 11.4 Å². The zero-order valence-electron chi connectivity index (χ0n) is 16.4. The topological polar surface area (TPSA) is 110 Å². The van der Waals surface area contributed by atoms with Crippen LogP contribution in [0.5, 0.6) is 0 Å². The van der Waals surface area contributed by atoms with Crippen molar-refractivity contribution in [3.63, 3.8) is 0 Å². The summed E-state index contributed by atoms with van der Waals surface area (Å²) in [5.41, 5.74) is 2.20. The summed E-state index contributed by atoms with van der Waals surface area (Å²) in [6.45, 7) is 0.217. The van der Waals surface area contributed by atoms with Crippen molar-refractivity contribution in [1.29, 1.82) is 0 Å². The zero-order valence-corrected chi connectivity index (χ0v) is 16.4. The molecule has 0 saturated carbocycles. The Morgan fingerprint density at radius 3 is 2.77 bits per heavy atom. The van der Waals surface area contributed by atoms with Crippen LogP contribution >= 0.6 is 0 Å². The molecule has 0 aliphatic carbocycles. The van der Waals surface area contributed by atoms with E-state index >= 15 is 0 Å². The summed E-state index contributed by atoms with van der Waals surface area (Å²) in [5, 5.41) is 19.9. The van der Waals surface area contributed by atoms with Crippen LogP contribution in [0.1, 0.15) is 18.5 Å². The van der Waals surface area contributed by atoms with Gasteiger partial charge in [-0.3, -0.25) is 4.98 Å². The average Bonchev–Trinajstić information content (AvgIpc) is 3.24. The van der Waals surface area contributed by atoms with Crippen LogP contribution in [0, 0.1) is 0 Å². The van der Waals surface area contributed by atoms with Crippen LogP contribution in [0.15, 0.2) is 65.3 Å². The molecule has 2 amide bonds. The highest BCUT2D eigenvalue weighted by atomic mass is 16.5. The molecule has 3 heterocycles. The molecule has 8 nitrogen and oxygen atoms in total. The van der Waals surface area contributed by atoms with E-state index in [0.29, 0.717) is 30.7 Å². The maximum atomic E-state index is 12.1. The molecule has 0 unspecified atom stereocenters. The summed E-state index contributed by atoms with van der Waals surface area (Å²) < 4.78 is 11.4. The molecule has 1 saturated heterocycles. The zero-order chi connectivity index (χ0) is 20.8. The lowest BCUT2D eigenvalue weighted by Gasteiger charge is -2.33. The molecule has 4 rings (SSSR count). The highest BCUT2D eigenvalue weighted by Crippen LogP contribution is 2.24. The minimum atomic E-state index is -0.625. The molecule has 3 atom stereocenters. The number of hydrogen-bond donors (Lipinski definition) is 3. The van der Waals surface area contributed by atoms with Gasteiger partial charge in [0.25, 0.3) is 0 Å². The summed E-state index contributed by atoms with van der Waals surface area (Å²) in [6.07, 6.45) is 2.36. The smallest absolute Gasteiger partial charge is 0.319 e. The minimum absolute atomic E-state index is 0.112. The highest BCUT2D eigenvalue weighted by molar-refractivity contribution is 5.89. The van der Waals surface area contributed by atoms with Crippen molar-refractivity contribution in [1.82, 2.24) is 15.5 Å². The number of ether oxygens (including phenoxy) is 1. The molecule has 0 radical (unpaired) electrons. The average molecular weight is 408 g/mol. The summed E-state index contributed by atoms with van der Waals surface area (Å²) >= 11 is 0. The Kier molecular flexibility index (Phi) is 6.36. The number of hydrogen-bond acceptors (Lipinski definition) is 6. The third kappa shape index (κ3) is 5.22. The van der Waals surface area contributed by atoms with Gasteiger partial charge in [0.05, 0.1) is 17.9 Å². The maximum Gasteiger partial charge on any atom is 0.319 e. The van der Waals surface area contributed by atoms with Crippen molar-refractivity contribution in [2.75, 3.05) is 11.9 Å². The predicted octanol–water partition coefficient (Wildman–Crippen LogP) is 3.01. The highest BCUT2D eigenvalue weighted by Gasteiger charge is 2.31. The summed E-state index contributed by atoms with van der Waals surface area (Å²) in [7, 11) is 0. The number of pyridine rings is 1. The van der Waals surface area contributed by atoms with Crippen LogP contribution in [0.25, 0.3) is 11.5 Å². The number of benzene rings is 1. The quantitative estimate of drug-likeness (QED) is 0.578. The van der Waals surface area contributed by atoms with Gasteiger partial charge in [-0.25, -0.2) is 4.79 Å². The van der Waals surface area contributed by atoms with Gasteiger partial charge in [0.1, 0.15) is 11.8 Å². The van der Waals surface area contributed by atoms with E-state index in [1.54, 1.807) is 18.3 Å². The molecule has 3 N–H and O–H groups in total. The first-order valence-corrected chi connectivity index (χ1v) is 9.98. The van der Waals surface area contributed by atoms with Crippen LogP contribution in [-0.4, -0.2) is 46.1 Å².